The van der Waals surface area contributed by atoms with Gasteiger partial charge >= 0.3 is 0 Å². The van der Waals surface area contributed by atoms with Gasteiger partial charge in [0.05, 0.1) is 12.3 Å². The Morgan fingerprint density at radius 3 is 2.92 bits per heavy atom. The van der Waals surface area contributed by atoms with Crippen molar-refractivity contribution in [3.8, 4) is 5.75 Å². The lowest BCUT2D eigenvalue weighted by atomic mass is 9.96. The van der Waals surface area contributed by atoms with Crippen LogP contribution in [0.1, 0.15) is 47.4 Å². The maximum absolute atomic E-state index is 13.7. The Labute approximate surface area is 145 Å². The van der Waals surface area contributed by atoms with Gasteiger partial charge in [0, 0.05) is 29.7 Å². The van der Waals surface area contributed by atoms with Crippen molar-refractivity contribution < 1.29 is 23.2 Å². The Kier molecular flexibility index (Phi) is 5.03. The summed E-state index contributed by atoms with van der Waals surface area (Å²) in [6, 6.07) is 2.77. The van der Waals surface area contributed by atoms with Crippen LogP contribution in [0, 0.1) is 19.7 Å². The monoisotopic (exact) mass is 348 g/mol. The summed E-state index contributed by atoms with van der Waals surface area (Å²) in [4.78, 5) is 12.3. The minimum absolute atomic E-state index is 0.0164. The second-order valence-corrected chi connectivity index (χ2v) is 6.28. The van der Waals surface area contributed by atoms with Gasteiger partial charge in [-0.2, -0.15) is 0 Å². The summed E-state index contributed by atoms with van der Waals surface area (Å²) in [5.41, 5.74) is 3.01. The van der Waals surface area contributed by atoms with Gasteiger partial charge in [-0.3, -0.25) is 4.79 Å². The third-order valence-electron chi connectivity index (χ3n) is 4.30. The zero-order chi connectivity index (χ0) is 18.0. The Morgan fingerprint density at radius 2 is 2.20 bits per heavy atom. The molecule has 2 aromatic rings. The zero-order valence-corrected chi connectivity index (χ0v) is 14.5. The fraction of sp³-hybridized carbons (Fsp3) is 0.444. The van der Waals surface area contributed by atoms with Crippen molar-refractivity contribution in [2.24, 2.45) is 0 Å². The van der Waals surface area contributed by atoms with Gasteiger partial charge in [0.25, 0.3) is 0 Å². The second-order valence-electron chi connectivity index (χ2n) is 6.28. The molecule has 3 rings (SSSR count). The average molecular weight is 348 g/mol. The van der Waals surface area contributed by atoms with Crippen molar-refractivity contribution in [1.29, 1.82) is 0 Å². The van der Waals surface area contributed by atoms with E-state index in [1.807, 2.05) is 20.8 Å². The molecule has 0 aliphatic carbocycles. The van der Waals surface area contributed by atoms with Crippen LogP contribution in [-0.4, -0.2) is 17.9 Å². The summed E-state index contributed by atoms with van der Waals surface area (Å²) in [6.45, 7) is 6.28. The first-order chi connectivity index (χ1) is 12.0. The summed E-state index contributed by atoms with van der Waals surface area (Å²) in [7, 11) is 0. The first-order valence-electron chi connectivity index (χ1n) is 8.17. The molecule has 25 heavy (non-hydrogen) atoms. The molecule has 1 aromatic heterocycles. The van der Waals surface area contributed by atoms with Gasteiger partial charge in [-0.25, -0.2) is 4.39 Å². The number of carbonyl (C=O) groups is 1. The van der Waals surface area contributed by atoms with Gasteiger partial charge in [-0.1, -0.05) is 12.1 Å². The molecule has 1 amide bonds. The number of benzene rings is 1. The van der Waals surface area contributed by atoms with Crippen LogP contribution in [0.5, 0.6) is 5.75 Å². The van der Waals surface area contributed by atoms with E-state index in [4.69, 9.17) is 14.0 Å². The molecule has 0 fully saturated rings. The van der Waals surface area contributed by atoms with Crippen molar-refractivity contribution in [3.63, 3.8) is 0 Å². The number of halogens is 1. The third-order valence-corrected chi connectivity index (χ3v) is 4.30. The number of nitrogens with zero attached hydrogens (tertiary/aromatic N) is 1. The fourth-order valence-electron chi connectivity index (χ4n) is 3.23. The first-order valence-corrected chi connectivity index (χ1v) is 8.17. The third kappa shape index (κ3) is 3.82. The van der Waals surface area contributed by atoms with Crippen LogP contribution in [-0.2, 0) is 22.7 Å². The minimum atomic E-state index is -0.374. The molecule has 0 radical (unpaired) electrons. The quantitative estimate of drug-likeness (QED) is 0.899. The summed E-state index contributed by atoms with van der Waals surface area (Å²) in [5.74, 6) is 0.799. The van der Waals surface area contributed by atoms with Crippen molar-refractivity contribution >= 4 is 5.91 Å². The largest absolute Gasteiger partial charge is 0.467 e. The molecule has 0 unspecified atom stereocenters. The van der Waals surface area contributed by atoms with Crippen LogP contribution < -0.4 is 10.1 Å². The van der Waals surface area contributed by atoms with Crippen molar-refractivity contribution in [3.05, 3.63) is 46.1 Å². The van der Waals surface area contributed by atoms with Crippen molar-refractivity contribution in [2.45, 2.75) is 46.3 Å². The lowest BCUT2D eigenvalue weighted by Crippen LogP contribution is -2.25. The molecule has 0 bridgehead atoms. The molecule has 134 valence electrons. The van der Waals surface area contributed by atoms with Crippen LogP contribution in [0.3, 0.4) is 0 Å². The van der Waals surface area contributed by atoms with Crippen LogP contribution in [0.4, 0.5) is 4.39 Å². The maximum atomic E-state index is 13.7. The first kappa shape index (κ1) is 17.4. The average Bonchev–Trinajstić information content (AvgIpc) is 2.91. The van der Waals surface area contributed by atoms with E-state index in [-0.39, 0.29) is 31.0 Å². The normalized spacial score (nSPS) is 14.6. The minimum Gasteiger partial charge on any atom is -0.467 e. The summed E-state index contributed by atoms with van der Waals surface area (Å²) < 4.78 is 29.5. The highest BCUT2D eigenvalue weighted by atomic mass is 19.1. The number of carbonyl (C=O) groups excluding carboxylic acids is 1. The standard InChI is InChI=1S/C18H21FN2O4/c1-10(17-11(2)21-25-12(17)3)4-16(22)20-7-13-5-15(19)6-14-8-23-9-24-18(13)14/h5-6,10H,4,7-9H2,1-3H3,(H,20,22)/t10-/m1/s1. The van der Waals surface area contributed by atoms with Gasteiger partial charge < -0.3 is 19.3 Å². The fourth-order valence-corrected chi connectivity index (χ4v) is 3.23. The number of amides is 1. The Hall–Kier alpha value is -2.41. The number of ether oxygens (including phenoxy) is 2. The number of fused-ring (bicyclic) bond motifs is 1. The Bertz CT molecular complexity index is 768. The van der Waals surface area contributed by atoms with Gasteiger partial charge in [0.1, 0.15) is 17.3 Å². The van der Waals surface area contributed by atoms with Crippen LogP contribution >= 0.6 is 0 Å². The maximum Gasteiger partial charge on any atom is 0.220 e. The van der Waals surface area contributed by atoms with E-state index in [1.54, 1.807) is 0 Å². The molecule has 1 N–H and O–H groups in total. The predicted octanol–water partition coefficient (Wildman–Crippen LogP) is 3.11. The van der Waals surface area contributed by atoms with Crippen molar-refractivity contribution in [2.75, 3.05) is 6.79 Å². The van der Waals surface area contributed by atoms with E-state index >= 15 is 0 Å². The molecular weight excluding hydrogens is 327 g/mol. The molecule has 1 aliphatic heterocycles. The molecule has 7 heteroatoms. The van der Waals surface area contributed by atoms with E-state index < -0.39 is 0 Å². The van der Waals surface area contributed by atoms with Crippen LogP contribution in [0.25, 0.3) is 0 Å². The smallest absolute Gasteiger partial charge is 0.220 e. The Balaban J connectivity index is 1.64. The molecular formula is C18H21FN2O4. The van der Waals surface area contributed by atoms with E-state index in [0.29, 0.717) is 29.9 Å². The van der Waals surface area contributed by atoms with Crippen molar-refractivity contribution in [1.82, 2.24) is 10.5 Å². The molecule has 2 heterocycles. The topological polar surface area (TPSA) is 73.6 Å². The molecule has 0 saturated heterocycles. The summed E-state index contributed by atoms with van der Waals surface area (Å²) in [5, 5.41) is 6.75. The number of nitrogens with one attached hydrogen (secondary N) is 1. The highest BCUT2D eigenvalue weighted by Crippen LogP contribution is 2.30. The number of aryl methyl sites for hydroxylation is 2. The van der Waals surface area contributed by atoms with E-state index in [2.05, 4.69) is 10.5 Å². The van der Waals surface area contributed by atoms with Gasteiger partial charge in [0.2, 0.25) is 5.91 Å². The molecule has 1 aliphatic rings. The molecule has 1 atom stereocenters. The number of aromatic nitrogens is 1. The van der Waals surface area contributed by atoms with Gasteiger partial charge in [0.15, 0.2) is 6.79 Å². The number of rotatable bonds is 5. The zero-order valence-electron chi connectivity index (χ0n) is 14.5. The molecule has 0 spiro atoms. The summed E-state index contributed by atoms with van der Waals surface area (Å²) in [6.07, 6.45) is 0.296. The van der Waals surface area contributed by atoms with E-state index in [1.165, 1.54) is 12.1 Å². The highest BCUT2D eigenvalue weighted by molar-refractivity contribution is 5.77. The lowest BCUT2D eigenvalue weighted by Gasteiger charge is -2.21. The van der Waals surface area contributed by atoms with Gasteiger partial charge in [-0.15, -0.1) is 0 Å². The lowest BCUT2D eigenvalue weighted by molar-refractivity contribution is -0.121. The highest BCUT2D eigenvalue weighted by Gasteiger charge is 2.20. The SMILES string of the molecule is Cc1noc(C)c1[C@H](C)CC(=O)NCc1cc(F)cc2c1OCOC2. The summed E-state index contributed by atoms with van der Waals surface area (Å²) >= 11 is 0. The molecule has 0 saturated carbocycles. The molecule has 6 nitrogen and oxygen atoms in total. The Morgan fingerprint density at radius 1 is 1.40 bits per heavy atom. The number of hydrogen-bond donors (Lipinski definition) is 1. The van der Waals surface area contributed by atoms with E-state index in [9.17, 15) is 9.18 Å². The number of hydrogen-bond acceptors (Lipinski definition) is 5. The second kappa shape index (κ2) is 7.23. The van der Waals surface area contributed by atoms with E-state index in [0.717, 1.165) is 17.0 Å². The predicted molar refractivity (Wildman–Crippen MR) is 87.5 cm³/mol. The van der Waals surface area contributed by atoms with Gasteiger partial charge in [-0.05, 0) is 31.9 Å². The molecule has 1 aromatic carbocycles. The van der Waals surface area contributed by atoms with Crippen LogP contribution in [0.15, 0.2) is 16.7 Å². The van der Waals surface area contributed by atoms with Crippen LogP contribution in [0.2, 0.25) is 0 Å².